The number of hydrogen-bond acceptors (Lipinski definition) is 3. The molecule has 1 amide bonds. The fraction of sp³-hybridized carbons (Fsp3) is 0.500. The first kappa shape index (κ1) is 19.5. The van der Waals surface area contributed by atoms with Gasteiger partial charge >= 0.3 is 0 Å². The van der Waals surface area contributed by atoms with E-state index in [1.165, 1.54) is 24.8 Å². The van der Waals surface area contributed by atoms with Crippen molar-refractivity contribution in [2.75, 3.05) is 14.2 Å². The minimum atomic E-state index is -0.219. The molecule has 4 nitrogen and oxygen atoms in total. The van der Waals surface area contributed by atoms with Crippen molar-refractivity contribution in [2.45, 2.75) is 50.5 Å². The third-order valence-electron chi connectivity index (χ3n) is 7.83. The third-order valence-corrected chi connectivity index (χ3v) is 7.83. The van der Waals surface area contributed by atoms with E-state index in [0.717, 1.165) is 36.3 Å². The van der Waals surface area contributed by atoms with Crippen LogP contribution in [-0.2, 0) is 16.8 Å². The SMILES string of the molecule is COc1ccc(C23C[C@@H]4C[C@H](CC(C(=O)NCc5cccc(OC)c5)(C4)C2)C3)cc1. The average molecular weight is 406 g/mol. The van der Waals surface area contributed by atoms with Crippen molar-refractivity contribution < 1.29 is 14.3 Å². The van der Waals surface area contributed by atoms with Gasteiger partial charge in [-0.05, 0) is 91.2 Å². The highest BCUT2D eigenvalue weighted by Crippen LogP contribution is 2.65. The Bertz CT molecular complexity index is 922. The smallest absolute Gasteiger partial charge is 0.226 e. The van der Waals surface area contributed by atoms with Gasteiger partial charge in [0.25, 0.3) is 0 Å². The monoisotopic (exact) mass is 405 g/mol. The van der Waals surface area contributed by atoms with Gasteiger partial charge < -0.3 is 14.8 Å². The van der Waals surface area contributed by atoms with Gasteiger partial charge in [0.2, 0.25) is 5.91 Å². The normalized spacial score (nSPS) is 31.4. The van der Waals surface area contributed by atoms with Crippen LogP contribution in [0.3, 0.4) is 0 Å². The van der Waals surface area contributed by atoms with Crippen LogP contribution in [0, 0.1) is 17.3 Å². The van der Waals surface area contributed by atoms with Gasteiger partial charge in [0.05, 0.1) is 19.6 Å². The van der Waals surface area contributed by atoms with Crippen LogP contribution in [0.4, 0.5) is 0 Å². The molecule has 0 radical (unpaired) electrons. The molecule has 0 heterocycles. The molecule has 0 saturated heterocycles. The van der Waals surface area contributed by atoms with E-state index < -0.39 is 0 Å². The van der Waals surface area contributed by atoms with Crippen molar-refractivity contribution in [1.29, 1.82) is 0 Å². The molecule has 4 aliphatic carbocycles. The third kappa shape index (κ3) is 3.27. The lowest BCUT2D eigenvalue weighted by Crippen LogP contribution is -2.59. The molecule has 6 rings (SSSR count). The van der Waals surface area contributed by atoms with Crippen LogP contribution in [0.15, 0.2) is 48.5 Å². The van der Waals surface area contributed by atoms with Crippen molar-refractivity contribution >= 4 is 5.91 Å². The lowest BCUT2D eigenvalue weighted by Gasteiger charge is -2.61. The topological polar surface area (TPSA) is 47.6 Å². The first-order chi connectivity index (χ1) is 14.5. The van der Waals surface area contributed by atoms with Crippen LogP contribution in [0.25, 0.3) is 0 Å². The van der Waals surface area contributed by atoms with Gasteiger partial charge in [-0.3, -0.25) is 4.79 Å². The van der Waals surface area contributed by atoms with Gasteiger partial charge in [-0.15, -0.1) is 0 Å². The molecule has 2 atom stereocenters. The van der Waals surface area contributed by atoms with Gasteiger partial charge in [0.15, 0.2) is 0 Å². The summed E-state index contributed by atoms with van der Waals surface area (Å²) in [6.07, 6.45) is 6.81. The maximum absolute atomic E-state index is 13.5. The predicted molar refractivity (Wildman–Crippen MR) is 117 cm³/mol. The number of carbonyl (C=O) groups is 1. The van der Waals surface area contributed by atoms with Crippen LogP contribution < -0.4 is 14.8 Å². The zero-order valence-corrected chi connectivity index (χ0v) is 17.9. The first-order valence-corrected chi connectivity index (χ1v) is 11.1. The second kappa shape index (κ2) is 7.33. The summed E-state index contributed by atoms with van der Waals surface area (Å²) >= 11 is 0. The molecule has 0 aliphatic heterocycles. The van der Waals surface area contributed by atoms with Crippen molar-refractivity contribution in [3.05, 3.63) is 59.7 Å². The highest BCUT2D eigenvalue weighted by molar-refractivity contribution is 5.83. The van der Waals surface area contributed by atoms with Crippen molar-refractivity contribution in [3.8, 4) is 11.5 Å². The Morgan fingerprint density at radius 2 is 1.67 bits per heavy atom. The van der Waals surface area contributed by atoms with Crippen LogP contribution in [-0.4, -0.2) is 20.1 Å². The minimum absolute atomic E-state index is 0.143. The van der Waals surface area contributed by atoms with Crippen LogP contribution >= 0.6 is 0 Å². The number of hydrogen-bond donors (Lipinski definition) is 1. The Labute approximate surface area is 179 Å². The molecular formula is C26H31NO3. The molecule has 4 heteroatoms. The van der Waals surface area contributed by atoms with E-state index in [4.69, 9.17) is 9.47 Å². The summed E-state index contributed by atoms with van der Waals surface area (Å²) in [6.45, 7) is 0.558. The van der Waals surface area contributed by atoms with Gasteiger partial charge in [-0.25, -0.2) is 0 Å². The largest absolute Gasteiger partial charge is 0.497 e. The lowest BCUT2D eigenvalue weighted by atomic mass is 9.42. The van der Waals surface area contributed by atoms with Gasteiger partial charge in [0.1, 0.15) is 11.5 Å². The zero-order chi connectivity index (χ0) is 20.8. The second-order valence-corrected chi connectivity index (χ2v) is 9.78. The van der Waals surface area contributed by atoms with E-state index in [-0.39, 0.29) is 16.7 Å². The Balaban J connectivity index is 1.37. The maximum atomic E-state index is 13.5. The van der Waals surface area contributed by atoms with Crippen LogP contribution in [0.5, 0.6) is 11.5 Å². The average Bonchev–Trinajstić information content (AvgIpc) is 2.76. The van der Waals surface area contributed by atoms with Crippen LogP contribution in [0.2, 0.25) is 0 Å². The van der Waals surface area contributed by atoms with E-state index in [1.807, 2.05) is 24.3 Å². The number of benzene rings is 2. The predicted octanol–water partition coefficient (Wildman–Crippen LogP) is 4.86. The number of amides is 1. The second-order valence-electron chi connectivity index (χ2n) is 9.78. The molecule has 158 valence electrons. The van der Waals surface area contributed by atoms with Crippen molar-refractivity contribution in [1.82, 2.24) is 5.32 Å². The Kier molecular flexibility index (Phi) is 4.76. The minimum Gasteiger partial charge on any atom is -0.497 e. The van der Waals surface area contributed by atoms with E-state index in [2.05, 4.69) is 29.6 Å². The number of carbonyl (C=O) groups excluding carboxylic acids is 1. The summed E-state index contributed by atoms with van der Waals surface area (Å²) in [5.41, 5.74) is 2.40. The van der Waals surface area contributed by atoms with E-state index in [0.29, 0.717) is 18.4 Å². The molecule has 4 saturated carbocycles. The van der Waals surface area contributed by atoms with Gasteiger partial charge in [-0.2, -0.15) is 0 Å². The standard InChI is InChI=1S/C26H31NO3/c1-29-22-8-6-21(7-9-22)25-12-19-10-20(13-25)15-26(14-19,17-25)24(28)27-16-18-4-3-5-23(11-18)30-2/h3-9,11,19-20H,10,12-17H2,1-2H3,(H,27,28)/t19-,20-,25?,26?/m0/s1. The lowest BCUT2D eigenvalue weighted by molar-refractivity contribution is -0.149. The molecule has 2 aromatic rings. The van der Waals surface area contributed by atoms with E-state index >= 15 is 0 Å². The Hall–Kier alpha value is -2.49. The molecule has 0 aromatic heterocycles. The molecule has 2 aromatic carbocycles. The Morgan fingerprint density at radius 1 is 0.967 bits per heavy atom. The maximum Gasteiger partial charge on any atom is 0.226 e. The van der Waals surface area contributed by atoms with E-state index in [1.54, 1.807) is 14.2 Å². The zero-order valence-electron chi connectivity index (χ0n) is 17.9. The molecule has 4 aliphatic rings. The summed E-state index contributed by atoms with van der Waals surface area (Å²) in [4.78, 5) is 13.5. The molecular weight excluding hydrogens is 374 g/mol. The summed E-state index contributed by atoms with van der Waals surface area (Å²) < 4.78 is 10.7. The number of methoxy groups -OCH3 is 2. The number of rotatable bonds is 6. The molecule has 4 fully saturated rings. The van der Waals surface area contributed by atoms with Gasteiger partial charge in [0, 0.05) is 6.54 Å². The van der Waals surface area contributed by atoms with Gasteiger partial charge in [-0.1, -0.05) is 24.3 Å². The highest BCUT2D eigenvalue weighted by atomic mass is 16.5. The quantitative estimate of drug-likeness (QED) is 0.747. The Morgan fingerprint density at radius 3 is 2.33 bits per heavy atom. The molecule has 4 bridgehead atoms. The fourth-order valence-electron chi connectivity index (χ4n) is 6.96. The first-order valence-electron chi connectivity index (χ1n) is 11.1. The molecule has 30 heavy (non-hydrogen) atoms. The summed E-state index contributed by atoms with van der Waals surface area (Å²) in [7, 11) is 3.38. The number of nitrogens with one attached hydrogen (secondary N) is 1. The molecule has 1 N–H and O–H groups in total. The number of ether oxygens (including phenoxy) is 2. The summed E-state index contributed by atoms with van der Waals surface area (Å²) in [5.74, 6) is 3.30. The summed E-state index contributed by atoms with van der Waals surface area (Å²) in [6, 6.07) is 16.6. The van der Waals surface area contributed by atoms with E-state index in [9.17, 15) is 4.79 Å². The van der Waals surface area contributed by atoms with Crippen molar-refractivity contribution in [2.24, 2.45) is 17.3 Å². The fourth-order valence-corrected chi connectivity index (χ4v) is 6.96. The molecule has 0 unspecified atom stereocenters. The van der Waals surface area contributed by atoms with Crippen molar-refractivity contribution in [3.63, 3.8) is 0 Å². The highest BCUT2D eigenvalue weighted by Gasteiger charge is 2.60. The summed E-state index contributed by atoms with van der Waals surface area (Å²) in [5, 5.41) is 3.28. The molecule has 0 spiro atoms. The van der Waals surface area contributed by atoms with Crippen LogP contribution in [0.1, 0.15) is 49.7 Å².